The van der Waals surface area contributed by atoms with Crippen molar-refractivity contribution in [3.8, 4) is 5.75 Å². The molecule has 5 heteroatoms. The van der Waals surface area contributed by atoms with Crippen LogP contribution in [0.2, 0.25) is 0 Å². The molecule has 0 radical (unpaired) electrons. The van der Waals surface area contributed by atoms with Gasteiger partial charge < -0.3 is 20.1 Å². The zero-order valence-electron chi connectivity index (χ0n) is 15.5. The Labute approximate surface area is 150 Å². The topological polar surface area (TPSA) is 61.8 Å². The number of carbonyl (C=O) groups excluding carboxylic acids is 1. The van der Waals surface area contributed by atoms with E-state index < -0.39 is 0 Å². The third-order valence-electron chi connectivity index (χ3n) is 5.88. The Morgan fingerprint density at radius 1 is 1.32 bits per heavy atom. The van der Waals surface area contributed by atoms with Gasteiger partial charge in [-0.2, -0.15) is 0 Å². The van der Waals surface area contributed by atoms with Crippen molar-refractivity contribution in [2.75, 3.05) is 20.1 Å². The van der Waals surface area contributed by atoms with Crippen LogP contribution in [0.25, 0.3) is 0 Å². The van der Waals surface area contributed by atoms with E-state index in [1.54, 1.807) is 19.1 Å². The monoisotopic (exact) mass is 346 g/mol. The molecule has 1 aromatic rings. The predicted octanol–water partition coefficient (Wildman–Crippen LogP) is 2.85. The maximum Gasteiger partial charge on any atom is 0.217 e. The van der Waals surface area contributed by atoms with E-state index in [1.807, 2.05) is 12.1 Å². The second kappa shape index (κ2) is 7.34. The average molecular weight is 346 g/mol. The first-order chi connectivity index (χ1) is 11.9. The van der Waals surface area contributed by atoms with E-state index in [4.69, 9.17) is 4.74 Å². The first kappa shape index (κ1) is 18.2. The number of nitrogens with zero attached hydrogens (tertiary/aromatic N) is 1. The van der Waals surface area contributed by atoms with Crippen LogP contribution in [0.1, 0.15) is 51.2 Å². The molecule has 2 fully saturated rings. The van der Waals surface area contributed by atoms with E-state index in [-0.39, 0.29) is 35.3 Å². The zero-order valence-corrected chi connectivity index (χ0v) is 15.5. The number of carbonyl (C=O) groups is 1. The lowest BCUT2D eigenvalue weighted by Gasteiger charge is -2.48. The fraction of sp³-hybridized carbons (Fsp3) is 0.650. The molecule has 0 spiro atoms. The van der Waals surface area contributed by atoms with E-state index in [1.165, 1.54) is 0 Å². The number of hydrogen-bond donors (Lipinski definition) is 2. The Hall–Kier alpha value is -1.59. The van der Waals surface area contributed by atoms with Gasteiger partial charge in [0.2, 0.25) is 5.91 Å². The molecule has 1 amide bonds. The molecule has 2 aliphatic heterocycles. The number of likely N-dealkylation sites (tertiary alicyclic amines) is 1. The second-order valence-electron chi connectivity index (χ2n) is 8.03. The Morgan fingerprint density at radius 3 is 2.68 bits per heavy atom. The number of phenols is 1. The van der Waals surface area contributed by atoms with E-state index >= 15 is 0 Å². The summed E-state index contributed by atoms with van der Waals surface area (Å²) in [7, 11) is 2.16. The van der Waals surface area contributed by atoms with Crippen molar-refractivity contribution in [3.05, 3.63) is 29.8 Å². The lowest BCUT2D eigenvalue weighted by Crippen LogP contribution is -2.51. The van der Waals surface area contributed by atoms with Crippen LogP contribution >= 0.6 is 0 Å². The van der Waals surface area contributed by atoms with Crippen LogP contribution in [0.5, 0.6) is 5.75 Å². The van der Waals surface area contributed by atoms with Gasteiger partial charge in [0.15, 0.2) is 0 Å². The van der Waals surface area contributed by atoms with Crippen LogP contribution in [0.3, 0.4) is 0 Å². The molecule has 0 aliphatic carbocycles. The molecule has 3 rings (SSSR count). The highest BCUT2D eigenvalue weighted by molar-refractivity contribution is 5.73. The molecule has 0 saturated carbocycles. The Kier molecular flexibility index (Phi) is 5.35. The number of piperidine rings is 1. The van der Waals surface area contributed by atoms with Crippen LogP contribution in [-0.4, -0.2) is 48.2 Å². The fourth-order valence-electron chi connectivity index (χ4n) is 4.17. The molecular formula is C20H30N2O3. The minimum Gasteiger partial charge on any atom is -0.508 e. The quantitative estimate of drug-likeness (QED) is 0.883. The van der Waals surface area contributed by atoms with Gasteiger partial charge in [0.25, 0.3) is 0 Å². The lowest BCUT2D eigenvalue weighted by molar-refractivity contribution is -0.138. The summed E-state index contributed by atoms with van der Waals surface area (Å²) in [6, 6.07) is 7.40. The van der Waals surface area contributed by atoms with Crippen molar-refractivity contribution in [3.63, 3.8) is 0 Å². The summed E-state index contributed by atoms with van der Waals surface area (Å²) < 4.78 is 6.54. The minimum atomic E-state index is -0.0980. The van der Waals surface area contributed by atoms with Gasteiger partial charge in [0.1, 0.15) is 5.75 Å². The van der Waals surface area contributed by atoms with Crippen LogP contribution in [0, 0.1) is 5.41 Å². The summed E-state index contributed by atoms with van der Waals surface area (Å²) in [5, 5.41) is 12.9. The molecule has 2 heterocycles. The van der Waals surface area contributed by atoms with Gasteiger partial charge in [-0.05, 0) is 68.9 Å². The van der Waals surface area contributed by atoms with Crippen molar-refractivity contribution in [1.29, 1.82) is 0 Å². The van der Waals surface area contributed by atoms with Crippen molar-refractivity contribution < 1.29 is 14.6 Å². The summed E-state index contributed by atoms with van der Waals surface area (Å²) in [6.45, 7) is 6.06. The van der Waals surface area contributed by atoms with E-state index in [2.05, 4.69) is 24.2 Å². The summed E-state index contributed by atoms with van der Waals surface area (Å²) >= 11 is 0. The van der Waals surface area contributed by atoms with Gasteiger partial charge in [0, 0.05) is 13.0 Å². The highest BCUT2D eigenvalue weighted by Gasteiger charge is 2.43. The van der Waals surface area contributed by atoms with Gasteiger partial charge in [-0.15, -0.1) is 0 Å². The number of nitrogens with one attached hydrogen (secondary N) is 1. The van der Waals surface area contributed by atoms with E-state index in [0.717, 1.165) is 44.3 Å². The molecule has 0 unspecified atom stereocenters. The molecule has 3 atom stereocenters. The molecule has 5 nitrogen and oxygen atoms in total. The molecule has 138 valence electrons. The smallest absolute Gasteiger partial charge is 0.217 e. The summed E-state index contributed by atoms with van der Waals surface area (Å²) in [4.78, 5) is 14.0. The number of hydrogen-bond acceptors (Lipinski definition) is 4. The van der Waals surface area contributed by atoms with E-state index in [9.17, 15) is 9.90 Å². The standard InChI is InChI=1S/C20H30N2O3/c1-14(23)21-16-12-18(15-5-4-6-17(24)11-15)25-19(13-16)20(2)7-9-22(3)10-8-20/h4-6,11,16,18-19,24H,7-10,12-13H2,1-3H3,(H,21,23)/t16-,18-,19+/m1/s1. The normalized spacial score (nSPS) is 30.0. The fourth-order valence-corrected chi connectivity index (χ4v) is 4.17. The third kappa shape index (κ3) is 4.33. The van der Waals surface area contributed by atoms with Crippen molar-refractivity contribution in [2.45, 2.75) is 57.8 Å². The molecule has 0 aromatic heterocycles. The summed E-state index contributed by atoms with van der Waals surface area (Å²) in [5.41, 5.74) is 1.11. The predicted molar refractivity (Wildman–Crippen MR) is 97.4 cm³/mol. The Balaban J connectivity index is 1.81. The number of ether oxygens (including phenoxy) is 1. The van der Waals surface area contributed by atoms with Gasteiger partial charge in [0.05, 0.1) is 12.2 Å². The number of benzene rings is 1. The first-order valence-corrected chi connectivity index (χ1v) is 9.26. The van der Waals surface area contributed by atoms with Crippen LogP contribution in [0.15, 0.2) is 24.3 Å². The number of aromatic hydroxyl groups is 1. The van der Waals surface area contributed by atoms with Crippen LogP contribution in [-0.2, 0) is 9.53 Å². The van der Waals surface area contributed by atoms with Crippen molar-refractivity contribution in [2.24, 2.45) is 5.41 Å². The molecule has 2 aliphatic rings. The highest BCUT2D eigenvalue weighted by atomic mass is 16.5. The lowest BCUT2D eigenvalue weighted by atomic mass is 9.72. The van der Waals surface area contributed by atoms with E-state index in [0.29, 0.717) is 0 Å². The summed E-state index contributed by atoms with van der Waals surface area (Å²) in [6.07, 6.45) is 3.82. The SMILES string of the molecule is CC(=O)N[C@H]1C[C@@H](C2(C)CCN(C)CC2)O[C@@H](c2cccc(O)c2)C1. The first-order valence-electron chi connectivity index (χ1n) is 9.26. The molecular weight excluding hydrogens is 316 g/mol. The second-order valence-corrected chi connectivity index (χ2v) is 8.03. The maximum atomic E-state index is 11.6. The average Bonchev–Trinajstić information content (AvgIpc) is 2.57. The van der Waals surface area contributed by atoms with Crippen molar-refractivity contribution >= 4 is 5.91 Å². The van der Waals surface area contributed by atoms with Gasteiger partial charge in [-0.25, -0.2) is 0 Å². The van der Waals surface area contributed by atoms with Crippen LogP contribution < -0.4 is 5.32 Å². The summed E-state index contributed by atoms with van der Waals surface area (Å²) in [5.74, 6) is 0.263. The third-order valence-corrected chi connectivity index (χ3v) is 5.88. The number of amides is 1. The molecule has 0 bridgehead atoms. The minimum absolute atomic E-state index is 0.00818. The van der Waals surface area contributed by atoms with Crippen LogP contribution in [0.4, 0.5) is 0 Å². The van der Waals surface area contributed by atoms with Gasteiger partial charge in [-0.3, -0.25) is 4.79 Å². The Morgan fingerprint density at radius 2 is 2.04 bits per heavy atom. The largest absolute Gasteiger partial charge is 0.508 e. The van der Waals surface area contributed by atoms with Gasteiger partial charge in [-0.1, -0.05) is 19.1 Å². The number of phenolic OH excluding ortho intramolecular Hbond substituents is 1. The molecule has 2 N–H and O–H groups in total. The number of rotatable bonds is 3. The highest BCUT2D eigenvalue weighted by Crippen LogP contribution is 2.44. The Bertz CT molecular complexity index is 611. The molecule has 25 heavy (non-hydrogen) atoms. The maximum absolute atomic E-state index is 11.6. The van der Waals surface area contributed by atoms with Crippen molar-refractivity contribution in [1.82, 2.24) is 10.2 Å². The zero-order chi connectivity index (χ0) is 18.0. The van der Waals surface area contributed by atoms with Gasteiger partial charge >= 0.3 is 0 Å². The molecule has 1 aromatic carbocycles. The molecule has 2 saturated heterocycles.